The SMILES string of the molecule is C[C@@H]1CC2=C(OC(N)=C(C#N)[C@H]2c2cccs2)/C(=C/c2cccs2)C1. The Hall–Kier alpha value is -2.29. The predicted molar refractivity (Wildman–Crippen MR) is 103 cm³/mol. The molecule has 0 saturated carbocycles. The van der Waals surface area contributed by atoms with Crippen LogP contribution in [0.5, 0.6) is 0 Å². The van der Waals surface area contributed by atoms with Crippen molar-refractivity contribution in [2.45, 2.75) is 25.7 Å². The number of ether oxygens (including phenoxy) is 1. The van der Waals surface area contributed by atoms with E-state index >= 15 is 0 Å². The van der Waals surface area contributed by atoms with Crippen molar-refractivity contribution in [2.75, 3.05) is 0 Å². The van der Waals surface area contributed by atoms with Crippen LogP contribution in [0.3, 0.4) is 0 Å². The summed E-state index contributed by atoms with van der Waals surface area (Å²) in [6, 6.07) is 10.5. The first kappa shape index (κ1) is 16.2. The highest BCUT2D eigenvalue weighted by molar-refractivity contribution is 7.10. The van der Waals surface area contributed by atoms with Crippen LogP contribution in [0.25, 0.3) is 6.08 Å². The van der Waals surface area contributed by atoms with E-state index in [0.29, 0.717) is 11.5 Å². The minimum absolute atomic E-state index is 0.0803. The smallest absolute Gasteiger partial charge is 0.205 e. The molecular formula is C20H18N2OS2. The highest BCUT2D eigenvalue weighted by Crippen LogP contribution is 2.49. The van der Waals surface area contributed by atoms with E-state index in [1.165, 1.54) is 16.0 Å². The number of hydrogen-bond donors (Lipinski definition) is 1. The van der Waals surface area contributed by atoms with Crippen LogP contribution < -0.4 is 5.73 Å². The van der Waals surface area contributed by atoms with E-state index in [-0.39, 0.29) is 11.8 Å². The maximum Gasteiger partial charge on any atom is 0.205 e. The zero-order valence-electron chi connectivity index (χ0n) is 13.9. The van der Waals surface area contributed by atoms with Crippen molar-refractivity contribution < 1.29 is 4.74 Å². The molecule has 2 atom stereocenters. The lowest BCUT2D eigenvalue weighted by atomic mass is 9.76. The lowest BCUT2D eigenvalue weighted by Gasteiger charge is -2.35. The summed E-state index contributed by atoms with van der Waals surface area (Å²) in [4.78, 5) is 2.36. The molecular weight excluding hydrogens is 348 g/mol. The van der Waals surface area contributed by atoms with Gasteiger partial charge < -0.3 is 10.5 Å². The second-order valence-corrected chi connectivity index (χ2v) is 8.45. The van der Waals surface area contributed by atoms with E-state index in [1.54, 1.807) is 22.7 Å². The molecule has 0 unspecified atom stereocenters. The molecule has 0 amide bonds. The van der Waals surface area contributed by atoms with Gasteiger partial charge in [0.25, 0.3) is 0 Å². The molecule has 5 heteroatoms. The van der Waals surface area contributed by atoms with Gasteiger partial charge in [-0.15, -0.1) is 22.7 Å². The Balaban J connectivity index is 1.87. The molecule has 2 aromatic rings. The van der Waals surface area contributed by atoms with Gasteiger partial charge in [0, 0.05) is 9.75 Å². The van der Waals surface area contributed by atoms with Gasteiger partial charge in [0.15, 0.2) is 0 Å². The third-order valence-corrected chi connectivity index (χ3v) is 6.40. The van der Waals surface area contributed by atoms with Crippen molar-refractivity contribution in [3.05, 3.63) is 73.1 Å². The van der Waals surface area contributed by atoms with Crippen LogP contribution in [-0.2, 0) is 4.74 Å². The van der Waals surface area contributed by atoms with Crippen LogP contribution in [0.15, 0.2) is 63.4 Å². The lowest BCUT2D eigenvalue weighted by molar-refractivity contribution is 0.269. The molecule has 0 aromatic carbocycles. The summed E-state index contributed by atoms with van der Waals surface area (Å²) in [6.07, 6.45) is 4.09. The summed E-state index contributed by atoms with van der Waals surface area (Å²) in [5, 5.41) is 13.8. The Kier molecular flexibility index (Phi) is 4.24. The molecule has 0 bridgehead atoms. The first-order valence-electron chi connectivity index (χ1n) is 8.26. The van der Waals surface area contributed by atoms with Crippen LogP contribution >= 0.6 is 22.7 Å². The molecule has 0 saturated heterocycles. The van der Waals surface area contributed by atoms with Gasteiger partial charge in [-0.2, -0.15) is 5.26 Å². The maximum absolute atomic E-state index is 9.66. The normalized spacial score (nSPS) is 24.9. The van der Waals surface area contributed by atoms with Crippen LogP contribution in [0, 0.1) is 17.2 Å². The van der Waals surface area contributed by atoms with Crippen LogP contribution in [0.4, 0.5) is 0 Å². The number of nitrogens with two attached hydrogens (primary N) is 1. The van der Waals surface area contributed by atoms with Crippen LogP contribution in [0.1, 0.15) is 35.4 Å². The fourth-order valence-corrected chi connectivity index (χ4v) is 5.18. The van der Waals surface area contributed by atoms with Gasteiger partial charge in [0.2, 0.25) is 5.88 Å². The van der Waals surface area contributed by atoms with Gasteiger partial charge in [-0.05, 0) is 58.9 Å². The summed E-state index contributed by atoms with van der Waals surface area (Å²) >= 11 is 3.38. The Bertz CT molecular complexity index is 912. The summed E-state index contributed by atoms with van der Waals surface area (Å²) in [5.74, 6) is 1.55. The minimum atomic E-state index is -0.0803. The Labute approximate surface area is 155 Å². The predicted octanol–water partition coefficient (Wildman–Crippen LogP) is 5.38. The summed E-state index contributed by atoms with van der Waals surface area (Å²) in [5.41, 5.74) is 9.05. The number of rotatable bonds is 2. The second kappa shape index (κ2) is 6.55. The molecule has 25 heavy (non-hydrogen) atoms. The molecule has 0 spiro atoms. The summed E-state index contributed by atoms with van der Waals surface area (Å²) in [6.45, 7) is 2.26. The molecule has 2 aromatic heterocycles. The highest BCUT2D eigenvalue weighted by atomic mass is 32.1. The Morgan fingerprint density at radius 1 is 1.24 bits per heavy atom. The van der Waals surface area contributed by atoms with E-state index < -0.39 is 0 Å². The maximum atomic E-state index is 9.66. The van der Waals surface area contributed by atoms with Crippen LogP contribution in [-0.4, -0.2) is 0 Å². The van der Waals surface area contributed by atoms with Gasteiger partial charge in [-0.3, -0.25) is 0 Å². The third-order valence-electron chi connectivity index (χ3n) is 4.64. The second-order valence-electron chi connectivity index (χ2n) is 6.49. The fourth-order valence-electron chi connectivity index (χ4n) is 3.63. The highest BCUT2D eigenvalue weighted by Gasteiger charge is 2.37. The molecule has 1 aliphatic carbocycles. The third kappa shape index (κ3) is 2.92. The van der Waals surface area contributed by atoms with E-state index in [0.717, 1.165) is 23.5 Å². The molecule has 126 valence electrons. The van der Waals surface area contributed by atoms with Gasteiger partial charge in [-0.25, -0.2) is 0 Å². The number of allylic oxidation sites excluding steroid dienone is 3. The quantitative estimate of drug-likeness (QED) is 0.776. The van der Waals surface area contributed by atoms with Gasteiger partial charge in [-0.1, -0.05) is 19.1 Å². The van der Waals surface area contributed by atoms with E-state index in [2.05, 4.69) is 42.6 Å². The van der Waals surface area contributed by atoms with E-state index in [9.17, 15) is 5.26 Å². The Morgan fingerprint density at radius 3 is 2.72 bits per heavy atom. The number of hydrogen-bond acceptors (Lipinski definition) is 5. The monoisotopic (exact) mass is 366 g/mol. The van der Waals surface area contributed by atoms with Crippen molar-refractivity contribution >= 4 is 28.7 Å². The molecule has 0 radical (unpaired) electrons. The molecule has 0 fully saturated rings. The Morgan fingerprint density at radius 2 is 2.04 bits per heavy atom. The van der Waals surface area contributed by atoms with E-state index in [4.69, 9.17) is 10.5 Å². The van der Waals surface area contributed by atoms with Crippen molar-refractivity contribution in [1.29, 1.82) is 5.26 Å². The van der Waals surface area contributed by atoms with E-state index in [1.807, 2.05) is 11.4 Å². The first-order chi connectivity index (χ1) is 12.2. The summed E-state index contributed by atoms with van der Waals surface area (Å²) in [7, 11) is 0. The molecule has 2 aliphatic rings. The zero-order valence-corrected chi connectivity index (χ0v) is 15.5. The van der Waals surface area contributed by atoms with Crippen molar-refractivity contribution in [2.24, 2.45) is 11.7 Å². The molecule has 3 heterocycles. The topological polar surface area (TPSA) is 59.0 Å². The molecule has 1 aliphatic heterocycles. The fraction of sp³-hybridized carbons (Fsp3) is 0.250. The lowest BCUT2D eigenvalue weighted by Crippen LogP contribution is -2.25. The van der Waals surface area contributed by atoms with Crippen molar-refractivity contribution in [1.82, 2.24) is 0 Å². The van der Waals surface area contributed by atoms with Crippen molar-refractivity contribution in [3.8, 4) is 6.07 Å². The molecule has 4 rings (SSSR count). The number of nitrogens with zero attached hydrogens (tertiary/aromatic N) is 1. The molecule has 3 nitrogen and oxygen atoms in total. The minimum Gasteiger partial charge on any atom is -0.440 e. The molecule has 2 N–H and O–H groups in total. The van der Waals surface area contributed by atoms with Gasteiger partial charge in [0.1, 0.15) is 17.4 Å². The largest absolute Gasteiger partial charge is 0.440 e. The van der Waals surface area contributed by atoms with Crippen LogP contribution in [0.2, 0.25) is 0 Å². The zero-order chi connectivity index (χ0) is 17.4. The number of nitriles is 1. The average molecular weight is 367 g/mol. The average Bonchev–Trinajstić information content (AvgIpc) is 3.28. The van der Waals surface area contributed by atoms with Crippen molar-refractivity contribution in [3.63, 3.8) is 0 Å². The standard InChI is InChI=1S/C20H18N2OS2/c1-12-8-13(10-14-4-2-6-24-14)19-15(9-12)18(17-5-3-7-25-17)16(11-21)20(22)23-19/h2-7,10,12,18H,8-9,22H2,1H3/b13-10+/t12-,18-/m0/s1. The first-order valence-corrected chi connectivity index (χ1v) is 10.0. The van der Waals surface area contributed by atoms with Gasteiger partial charge >= 0.3 is 0 Å². The summed E-state index contributed by atoms with van der Waals surface area (Å²) < 4.78 is 5.99. The van der Waals surface area contributed by atoms with Gasteiger partial charge in [0.05, 0.1) is 5.92 Å². The number of thiophene rings is 2.